The van der Waals surface area contributed by atoms with Crippen LogP contribution < -0.4 is 11.4 Å². The molecule has 0 fully saturated rings. The van der Waals surface area contributed by atoms with Gasteiger partial charge in [0, 0.05) is 10.6 Å². The molecule has 0 heterocycles. The Bertz CT molecular complexity index is 336. The number of carbonyl (C=O) groups is 1. The Morgan fingerprint density at radius 2 is 2.27 bits per heavy atom. The third kappa shape index (κ3) is 4.28. The fourth-order valence-corrected chi connectivity index (χ4v) is 1.79. The molecule has 0 radical (unpaired) electrons. The minimum absolute atomic E-state index is 0.170. The van der Waals surface area contributed by atoms with Crippen LogP contribution in [0.2, 0.25) is 0 Å². The van der Waals surface area contributed by atoms with Crippen LogP contribution >= 0.6 is 11.8 Å². The lowest BCUT2D eigenvalue weighted by atomic mass is 10.3. The van der Waals surface area contributed by atoms with Gasteiger partial charge in [0.2, 0.25) is 0 Å². The Hall–Kier alpha value is -1.11. The summed E-state index contributed by atoms with van der Waals surface area (Å²) in [4.78, 5) is 15.7. The summed E-state index contributed by atoms with van der Waals surface area (Å²) in [6, 6.07) is 6.39. The van der Waals surface area contributed by atoms with E-state index in [1.165, 1.54) is 17.8 Å². The highest BCUT2D eigenvalue weighted by Gasteiger charge is 2.05. The van der Waals surface area contributed by atoms with Crippen LogP contribution in [0.1, 0.15) is 6.42 Å². The van der Waals surface area contributed by atoms with Crippen molar-refractivity contribution in [3.8, 4) is 0 Å². The van der Waals surface area contributed by atoms with E-state index in [2.05, 4.69) is 4.84 Å². The highest BCUT2D eigenvalue weighted by atomic mass is 32.2. The van der Waals surface area contributed by atoms with Crippen LogP contribution in [-0.2, 0) is 9.63 Å². The predicted octanol–water partition coefficient (Wildman–Crippen LogP) is 1.23. The van der Waals surface area contributed by atoms with E-state index in [1.807, 2.05) is 0 Å². The summed E-state index contributed by atoms with van der Waals surface area (Å²) < 4.78 is 13.1. The Kier molecular flexibility index (Phi) is 5.09. The molecule has 0 bridgehead atoms. The van der Waals surface area contributed by atoms with Gasteiger partial charge in [-0.05, 0) is 12.1 Å². The van der Waals surface area contributed by atoms with E-state index < -0.39 is 5.97 Å². The lowest BCUT2D eigenvalue weighted by molar-refractivity contribution is -0.150. The number of carbonyl (C=O) groups excluding carboxylic acids is 1. The minimum atomic E-state index is -0.471. The van der Waals surface area contributed by atoms with E-state index in [4.69, 9.17) is 5.84 Å². The van der Waals surface area contributed by atoms with Gasteiger partial charge in [0.1, 0.15) is 5.82 Å². The summed E-state index contributed by atoms with van der Waals surface area (Å²) in [6.07, 6.45) is 0.170. The van der Waals surface area contributed by atoms with E-state index in [-0.39, 0.29) is 12.2 Å². The van der Waals surface area contributed by atoms with Crippen molar-refractivity contribution in [2.45, 2.75) is 11.3 Å². The van der Waals surface area contributed by atoms with Crippen molar-refractivity contribution in [2.24, 2.45) is 5.84 Å². The van der Waals surface area contributed by atoms with E-state index in [9.17, 15) is 9.18 Å². The predicted molar refractivity (Wildman–Crippen MR) is 55.2 cm³/mol. The van der Waals surface area contributed by atoms with E-state index in [0.29, 0.717) is 10.6 Å². The highest BCUT2D eigenvalue weighted by molar-refractivity contribution is 7.99. The third-order valence-electron chi connectivity index (χ3n) is 1.57. The molecule has 15 heavy (non-hydrogen) atoms. The Balaban J connectivity index is 2.32. The van der Waals surface area contributed by atoms with Gasteiger partial charge in [-0.3, -0.25) is 4.79 Å². The smallest absolute Gasteiger partial charge is 0.327 e. The average Bonchev–Trinajstić information content (AvgIpc) is 2.21. The maximum absolute atomic E-state index is 13.1. The van der Waals surface area contributed by atoms with Crippen molar-refractivity contribution >= 4 is 17.7 Å². The average molecular weight is 230 g/mol. The summed E-state index contributed by atoms with van der Waals surface area (Å²) in [5.41, 5.74) is 1.79. The summed E-state index contributed by atoms with van der Waals surface area (Å²) in [5, 5.41) is 0. The molecule has 82 valence electrons. The van der Waals surface area contributed by atoms with Crippen LogP contribution in [0, 0.1) is 5.82 Å². The second-order valence-electron chi connectivity index (χ2n) is 2.62. The Labute approximate surface area is 90.9 Å². The van der Waals surface area contributed by atoms with Crippen LogP contribution in [0.5, 0.6) is 0 Å². The van der Waals surface area contributed by atoms with Gasteiger partial charge in [-0.2, -0.15) is 0 Å². The van der Waals surface area contributed by atoms with Gasteiger partial charge in [-0.15, -0.1) is 11.8 Å². The molecule has 0 saturated carbocycles. The number of rotatable bonds is 5. The monoisotopic (exact) mass is 230 g/mol. The molecule has 0 amide bonds. The van der Waals surface area contributed by atoms with E-state index in [0.717, 1.165) is 0 Å². The second kappa shape index (κ2) is 6.39. The molecule has 0 aliphatic rings. The number of nitrogens with one attached hydrogen (secondary N) is 1. The van der Waals surface area contributed by atoms with Gasteiger partial charge >= 0.3 is 5.97 Å². The summed E-state index contributed by atoms with van der Waals surface area (Å²) >= 11 is 1.26. The first-order valence-electron chi connectivity index (χ1n) is 4.26. The molecule has 0 spiro atoms. The molecule has 3 N–H and O–H groups in total. The van der Waals surface area contributed by atoms with Gasteiger partial charge in [0.25, 0.3) is 0 Å². The lowest BCUT2D eigenvalue weighted by Crippen LogP contribution is -2.26. The highest BCUT2D eigenvalue weighted by Crippen LogP contribution is 2.21. The molecule has 6 heteroatoms. The van der Waals surface area contributed by atoms with Crippen molar-refractivity contribution in [1.29, 1.82) is 0 Å². The molecule has 0 aliphatic carbocycles. The van der Waals surface area contributed by atoms with Crippen LogP contribution in [0.3, 0.4) is 0 Å². The van der Waals surface area contributed by atoms with Crippen molar-refractivity contribution < 1.29 is 14.0 Å². The fourth-order valence-electron chi connectivity index (χ4n) is 0.923. The summed E-state index contributed by atoms with van der Waals surface area (Å²) in [7, 11) is 0. The zero-order chi connectivity index (χ0) is 11.1. The van der Waals surface area contributed by atoms with E-state index in [1.54, 1.807) is 23.8 Å². The lowest BCUT2D eigenvalue weighted by Gasteiger charge is -2.02. The Morgan fingerprint density at radius 3 is 2.93 bits per heavy atom. The third-order valence-corrected chi connectivity index (χ3v) is 2.62. The Morgan fingerprint density at radius 1 is 1.53 bits per heavy atom. The van der Waals surface area contributed by atoms with Crippen molar-refractivity contribution in [3.63, 3.8) is 0 Å². The summed E-state index contributed by atoms with van der Waals surface area (Å²) in [6.45, 7) is 0. The van der Waals surface area contributed by atoms with Gasteiger partial charge in [-0.1, -0.05) is 17.7 Å². The van der Waals surface area contributed by atoms with Crippen molar-refractivity contribution in [1.82, 2.24) is 5.59 Å². The quantitative estimate of drug-likeness (QED) is 0.452. The first-order chi connectivity index (χ1) is 7.24. The maximum atomic E-state index is 13.1. The van der Waals surface area contributed by atoms with Crippen LogP contribution in [0.25, 0.3) is 0 Å². The van der Waals surface area contributed by atoms with Crippen molar-refractivity contribution in [3.05, 3.63) is 30.1 Å². The van der Waals surface area contributed by atoms with Gasteiger partial charge in [0.05, 0.1) is 6.42 Å². The molecule has 0 aliphatic heterocycles. The molecule has 1 aromatic rings. The van der Waals surface area contributed by atoms with Gasteiger partial charge < -0.3 is 4.84 Å². The fraction of sp³-hybridized carbons (Fsp3) is 0.222. The number of hydrazine groups is 1. The number of halogens is 1. The van der Waals surface area contributed by atoms with Crippen LogP contribution in [0.15, 0.2) is 29.2 Å². The SMILES string of the molecule is NNOC(=O)CCSc1ccccc1F. The molecule has 0 aromatic heterocycles. The molecule has 4 nitrogen and oxygen atoms in total. The molecular weight excluding hydrogens is 219 g/mol. The number of thioether (sulfide) groups is 1. The standard InChI is InChI=1S/C9H11FN2O2S/c10-7-3-1-2-4-8(7)15-6-5-9(13)14-12-11/h1-4,12H,5-6,11H2. The zero-order valence-corrected chi connectivity index (χ0v) is 8.72. The molecule has 0 atom stereocenters. The minimum Gasteiger partial charge on any atom is -0.356 e. The van der Waals surface area contributed by atoms with Crippen molar-refractivity contribution in [2.75, 3.05) is 5.75 Å². The number of hydrogen-bond acceptors (Lipinski definition) is 5. The number of hydrogen-bond donors (Lipinski definition) is 2. The second-order valence-corrected chi connectivity index (χ2v) is 3.76. The number of benzene rings is 1. The first kappa shape index (κ1) is 12.0. The molecule has 0 saturated heterocycles. The largest absolute Gasteiger partial charge is 0.356 e. The topological polar surface area (TPSA) is 64.3 Å². The van der Waals surface area contributed by atoms with Crippen LogP contribution in [0.4, 0.5) is 4.39 Å². The maximum Gasteiger partial charge on any atom is 0.327 e. The zero-order valence-electron chi connectivity index (χ0n) is 7.90. The molecule has 0 unspecified atom stereocenters. The number of nitrogens with two attached hydrogens (primary N) is 1. The molecule has 1 rings (SSSR count). The summed E-state index contributed by atoms with van der Waals surface area (Å²) in [5.74, 6) is 4.47. The van der Waals surface area contributed by atoms with Crippen LogP contribution in [-0.4, -0.2) is 11.7 Å². The van der Waals surface area contributed by atoms with E-state index >= 15 is 0 Å². The molecular formula is C9H11FN2O2S. The molecule has 1 aromatic carbocycles. The normalized spacial score (nSPS) is 10.0. The van der Waals surface area contributed by atoms with Gasteiger partial charge in [-0.25, -0.2) is 10.2 Å². The van der Waals surface area contributed by atoms with Gasteiger partial charge in [0.15, 0.2) is 0 Å². The first-order valence-corrected chi connectivity index (χ1v) is 5.25.